The Morgan fingerprint density at radius 3 is 2.94 bits per heavy atom. The van der Waals surface area contributed by atoms with Gasteiger partial charge in [-0.15, -0.1) is 0 Å². The van der Waals surface area contributed by atoms with Crippen LogP contribution >= 0.6 is 0 Å². The number of ether oxygens (including phenoxy) is 1. The summed E-state index contributed by atoms with van der Waals surface area (Å²) in [5.74, 6) is 0.862. The van der Waals surface area contributed by atoms with Gasteiger partial charge in [-0.05, 0) is 26.1 Å². The lowest BCUT2D eigenvalue weighted by Crippen LogP contribution is -2.29. The van der Waals surface area contributed by atoms with E-state index in [0.717, 1.165) is 31.9 Å². The highest BCUT2D eigenvalue weighted by molar-refractivity contribution is 5.29. The fourth-order valence-corrected chi connectivity index (χ4v) is 1.66. The van der Waals surface area contributed by atoms with Crippen LogP contribution in [0.4, 0.5) is 0 Å². The third-order valence-corrected chi connectivity index (χ3v) is 2.63. The van der Waals surface area contributed by atoms with Gasteiger partial charge in [0.1, 0.15) is 5.75 Å². The average molecular weight is 237 g/mol. The summed E-state index contributed by atoms with van der Waals surface area (Å²) in [6.45, 7) is 6.22. The zero-order valence-corrected chi connectivity index (χ0v) is 11.1. The van der Waals surface area contributed by atoms with E-state index in [1.165, 1.54) is 12.0 Å². The fraction of sp³-hybridized carbons (Fsp3) is 0.615. The number of nitrogens with one attached hydrogen (secondary N) is 1. The predicted octanol–water partition coefficient (Wildman–Crippen LogP) is 1.52. The number of hydrogen-bond donors (Lipinski definition) is 1. The first-order valence-corrected chi connectivity index (χ1v) is 6.14. The molecule has 0 bridgehead atoms. The predicted molar refractivity (Wildman–Crippen MR) is 70.3 cm³/mol. The Morgan fingerprint density at radius 1 is 1.41 bits per heavy atom. The maximum Gasteiger partial charge on any atom is 0.141 e. The monoisotopic (exact) mass is 237 g/mol. The van der Waals surface area contributed by atoms with Crippen molar-refractivity contribution < 1.29 is 4.74 Å². The van der Waals surface area contributed by atoms with Gasteiger partial charge in [-0.25, -0.2) is 0 Å². The number of rotatable bonds is 8. The third kappa shape index (κ3) is 5.15. The lowest BCUT2D eigenvalue weighted by molar-refractivity contribution is 0.315. The molecular weight excluding hydrogens is 214 g/mol. The molecule has 0 spiro atoms. The van der Waals surface area contributed by atoms with Gasteiger partial charge in [-0.1, -0.05) is 6.92 Å². The van der Waals surface area contributed by atoms with Gasteiger partial charge in [0.2, 0.25) is 0 Å². The van der Waals surface area contributed by atoms with Crippen LogP contribution in [0.15, 0.2) is 18.5 Å². The molecule has 4 nitrogen and oxygen atoms in total. The smallest absolute Gasteiger partial charge is 0.141 e. The van der Waals surface area contributed by atoms with E-state index in [0.29, 0.717) is 0 Å². The van der Waals surface area contributed by atoms with Crippen LogP contribution in [0.3, 0.4) is 0 Å². The zero-order chi connectivity index (χ0) is 12.5. The summed E-state index contributed by atoms with van der Waals surface area (Å²) in [6.07, 6.45) is 4.75. The van der Waals surface area contributed by atoms with Crippen LogP contribution in [0.5, 0.6) is 5.75 Å². The Hall–Kier alpha value is -1.13. The van der Waals surface area contributed by atoms with Crippen LogP contribution in [0, 0.1) is 0 Å². The lowest BCUT2D eigenvalue weighted by Gasteiger charge is -2.18. The maximum absolute atomic E-state index is 5.28. The molecule has 96 valence electrons. The summed E-state index contributed by atoms with van der Waals surface area (Å²) in [5.41, 5.74) is 1.18. The second kappa shape index (κ2) is 8.03. The van der Waals surface area contributed by atoms with Crippen molar-refractivity contribution in [2.45, 2.75) is 19.9 Å². The molecule has 1 aromatic rings. The minimum Gasteiger partial charge on any atom is -0.495 e. The van der Waals surface area contributed by atoms with E-state index in [-0.39, 0.29) is 0 Å². The van der Waals surface area contributed by atoms with Gasteiger partial charge >= 0.3 is 0 Å². The van der Waals surface area contributed by atoms with Crippen LogP contribution in [0.2, 0.25) is 0 Å². The molecule has 1 N–H and O–H groups in total. The average Bonchev–Trinajstić information content (AvgIpc) is 2.35. The fourth-order valence-electron chi connectivity index (χ4n) is 1.66. The van der Waals surface area contributed by atoms with E-state index in [1.54, 1.807) is 19.5 Å². The summed E-state index contributed by atoms with van der Waals surface area (Å²) >= 11 is 0. The maximum atomic E-state index is 5.28. The molecule has 0 atom stereocenters. The quantitative estimate of drug-likeness (QED) is 0.696. The van der Waals surface area contributed by atoms with Gasteiger partial charge in [0.25, 0.3) is 0 Å². The van der Waals surface area contributed by atoms with Crippen LogP contribution in [0.1, 0.15) is 18.9 Å². The number of methoxy groups -OCH3 is 1. The number of aromatic nitrogens is 1. The molecule has 17 heavy (non-hydrogen) atoms. The summed E-state index contributed by atoms with van der Waals surface area (Å²) in [4.78, 5) is 6.33. The molecule has 0 aliphatic rings. The van der Waals surface area contributed by atoms with E-state index in [4.69, 9.17) is 4.74 Å². The van der Waals surface area contributed by atoms with Gasteiger partial charge < -0.3 is 15.0 Å². The topological polar surface area (TPSA) is 37.4 Å². The normalized spacial score (nSPS) is 10.8. The van der Waals surface area contributed by atoms with Crippen molar-refractivity contribution in [1.82, 2.24) is 15.2 Å². The SMILES string of the molecule is CCCNCCN(C)Cc1ccncc1OC. The second-order valence-electron chi connectivity index (χ2n) is 4.18. The van der Waals surface area contributed by atoms with Crippen molar-refractivity contribution in [3.05, 3.63) is 24.0 Å². The molecule has 0 unspecified atom stereocenters. The number of pyridine rings is 1. The zero-order valence-electron chi connectivity index (χ0n) is 11.1. The van der Waals surface area contributed by atoms with Crippen LogP contribution in [-0.4, -0.2) is 43.7 Å². The molecule has 1 heterocycles. The first-order chi connectivity index (χ1) is 8.27. The molecular formula is C13H23N3O. The van der Waals surface area contributed by atoms with Crippen molar-refractivity contribution in [1.29, 1.82) is 0 Å². The number of hydrogen-bond acceptors (Lipinski definition) is 4. The largest absolute Gasteiger partial charge is 0.495 e. The van der Waals surface area contributed by atoms with E-state index in [2.05, 4.69) is 29.2 Å². The van der Waals surface area contributed by atoms with Crippen molar-refractivity contribution >= 4 is 0 Å². The van der Waals surface area contributed by atoms with E-state index in [1.807, 2.05) is 6.07 Å². The molecule has 1 rings (SSSR count). The van der Waals surface area contributed by atoms with Crippen molar-refractivity contribution in [3.63, 3.8) is 0 Å². The minimum atomic E-state index is 0.862. The summed E-state index contributed by atoms with van der Waals surface area (Å²) in [6, 6.07) is 2.01. The summed E-state index contributed by atoms with van der Waals surface area (Å²) < 4.78 is 5.28. The molecule has 1 aromatic heterocycles. The Bertz CT molecular complexity index is 317. The van der Waals surface area contributed by atoms with Gasteiger partial charge in [-0.3, -0.25) is 4.98 Å². The molecule has 0 saturated heterocycles. The number of nitrogens with zero attached hydrogens (tertiary/aromatic N) is 2. The molecule has 0 saturated carbocycles. The van der Waals surface area contributed by atoms with Gasteiger partial charge in [0.15, 0.2) is 0 Å². The Labute approximate surface area is 104 Å². The minimum absolute atomic E-state index is 0.862. The summed E-state index contributed by atoms with van der Waals surface area (Å²) in [7, 11) is 3.80. The van der Waals surface area contributed by atoms with Crippen molar-refractivity contribution in [3.8, 4) is 5.75 Å². The molecule has 0 radical (unpaired) electrons. The third-order valence-electron chi connectivity index (χ3n) is 2.63. The molecule has 0 amide bonds. The first kappa shape index (κ1) is 13.9. The van der Waals surface area contributed by atoms with Crippen LogP contribution in [-0.2, 0) is 6.54 Å². The standard InChI is InChI=1S/C13H23N3O/c1-4-6-14-8-9-16(2)11-12-5-7-15-10-13(12)17-3/h5,7,10,14H,4,6,8-9,11H2,1-3H3. The van der Waals surface area contributed by atoms with Crippen LogP contribution < -0.4 is 10.1 Å². The molecule has 0 aromatic carbocycles. The lowest BCUT2D eigenvalue weighted by atomic mass is 10.2. The summed E-state index contributed by atoms with van der Waals surface area (Å²) in [5, 5.41) is 3.40. The van der Waals surface area contributed by atoms with Crippen molar-refractivity contribution in [2.75, 3.05) is 33.8 Å². The van der Waals surface area contributed by atoms with Gasteiger partial charge in [-0.2, -0.15) is 0 Å². The molecule has 0 fully saturated rings. The Balaban J connectivity index is 2.36. The Kier molecular flexibility index (Phi) is 6.58. The Morgan fingerprint density at radius 2 is 2.24 bits per heavy atom. The highest BCUT2D eigenvalue weighted by Gasteiger charge is 2.05. The van der Waals surface area contributed by atoms with Crippen LogP contribution in [0.25, 0.3) is 0 Å². The van der Waals surface area contributed by atoms with Crippen molar-refractivity contribution in [2.24, 2.45) is 0 Å². The van der Waals surface area contributed by atoms with Gasteiger partial charge in [0.05, 0.1) is 13.3 Å². The van der Waals surface area contributed by atoms with Gasteiger partial charge in [0, 0.05) is 31.4 Å². The highest BCUT2D eigenvalue weighted by atomic mass is 16.5. The number of likely N-dealkylation sites (N-methyl/N-ethyl adjacent to an activating group) is 1. The molecule has 0 aliphatic carbocycles. The van der Waals surface area contributed by atoms with E-state index < -0.39 is 0 Å². The first-order valence-electron chi connectivity index (χ1n) is 6.14. The van der Waals surface area contributed by atoms with E-state index in [9.17, 15) is 0 Å². The second-order valence-corrected chi connectivity index (χ2v) is 4.18. The molecule has 4 heteroatoms. The molecule has 0 aliphatic heterocycles. The highest BCUT2D eigenvalue weighted by Crippen LogP contribution is 2.16. The van der Waals surface area contributed by atoms with E-state index >= 15 is 0 Å².